The van der Waals surface area contributed by atoms with Crippen molar-refractivity contribution in [1.29, 1.82) is 0 Å². The lowest BCUT2D eigenvalue weighted by Crippen LogP contribution is -2.26. The van der Waals surface area contributed by atoms with Crippen LogP contribution in [0.5, 0.6) is 0 Å². The highest BCUT2D eigenvalue weighted by Gasteiger charge is 2.43. The molecule has 22 heavy (non-hydrogen) atoms. The van der Waals surface area contributed by atoms with Gasteiger partial charge in [0.15, 0.2) is 0 Å². The van der Waals surface area contributed by atoms with Crippen LogP contribution in [0.3, 0.4) is 0 Å². The van der Waals surface area contributed by atoms with Crippen LogP contribution >= 0.6 is 58.4 Å². The molecule has 2 amide bonds. The molecule has 1 fully saturated rings. The molecule has 0 N–H and O–H groups in total. The lowest BCUT2D eigenvalue weighted by molar-refractivity contribution is 0.0776. The van der Waals surface area contributed by atoms with Crippen molar-refractivity contribution in [3.63, 3.8) is 0 Å². The zero-order valence-electron chi connectivity index (χ0n) is 11.3. The fourth-order valence-corrected chi connectivity index (χ4v) is 4.97. The highest BCUT2D eigenvalue weighted by Crippen LogP contribution is 2.47. The van der Waals surface area contributed by atoms with Crippen LogP contribution in [0.4, 0.5) is 0 Å². The van der Waals surface area contributed by atoms with E-state index in [9.17, 15) is 9.59 Å². The van der Waals surface area contributed by atoms with E-state index in [0.29, 0.717) is 0 Å². The molecular weight excluding hydrogens is 388 g/mol. The van der Waals surface area contributed by atoms with Gasteiger partial charge in [0.25, 0.3) is 11.8 Å². The number of amides is 2. The fraction of sp³-hybridized carbons (Fsp3) is 0.429. The molecule has 118 valence electrons. The molecule has 3 nitrogen and oxygen atoms in total. The minimum Gasteiger partial charge on any atom is -0.268 e. The van der Waals surface area contributed by atoms with Gasteiger partial charge in [0.1, 0.15) is 0 Å². The standard InChI is InChI=1S/C14H11Cl4NO2S/c15-9-7-8(10(16)12(18)11(9)17)14(21)19(13(7)20)22-6-4-2-1-3-5-6/h6H,1-5H2. The number of halogens is 4. The summed E-state index contributed by atoms with van der Waals surface area (Å²) >= 11 is 25.4. The molecule has 1 heterocycles. The van der Waals surface area contributed by atoms with Crippen molar-refractivity contribution in [2.24, 2.45) is 0 Å². The van der Waals surface area contributed by atoms with Crippen LogP contribution < -0.4 is 0 Å². The molecule has 1 aliphatic carbocycles. The van der Waals surface area contributed by atoms with Crippen LogP contribution in [0.25, 0.3) is 0 Å². The van der Waals surface area contributed by atoms with Crippen LogP contribution in [0.15, 0.2) is 0 Å². The second kappa shape index (κ2) is 6.40. The van der Waals surface area contributed by atoms with Crippen molar-refractivity contribution in [2.75, 3.05) is 0 Å². The van der Waals surface area contributed by atoms with Gasteiger partial charge >= 0.3 is 0 Å². The number of hydrogen-bond donors (Lipinski definition) is 0. The van der Waals surface area contributed by atoms with E-state index in [1.54, 1.807) is 0 Å². The molecule has 1 aromatic rings. The van der Waals surface area contributed by atoms with E-state index in [-0.39, 0.29) is 36.5 Å². The van der Waals surface area contributed by atoms with Crippen LogP contribution in [-0.2, 0) is 0 Å². The van der Waals surface area contributed by atoms with Crippen LogP contribution in [-0.4, -0.2) is 21.4 Å². The largest absolute Gasteiger partial charge is 0.273 e. The Morgan fingerprint density at radius 1 is 0.773 bits per heavy atom. The molecule has 3 rings (SSSR count). The summed E-state index contributed by atoms with van der Waals surface area (Å²) in [6, 6.07) is 0. The van der Waals surface area contributed by atoms with Gasteiger partial charge in [0.2, 0.25) is 0 Å². The van der Waals surface area contributed by atoms with Crippen molar-refractivity contribution in [1.82, 2.24) is 4.31 Å². The Kier molecular flexibility index (Phi) is 4.87. The number of carbonyl (C=O) groups is 2. The molecule has 0 radical (unpaired) electrons. The number of benzene rings is 1. The predicted octanol–water partition coefficient (Wildman–Crippen LogP) is 5.88. The van der Waals surface area contributed by atoms with Crippen LogP contribution in [0.1, 0.15) is 52.8 Å². The molecule has 8 heteroatoms. The maximum Gasteiger partial charge on any atom is 0.273 e. The number of carbonyl (C=O) groups excluding carboxylic acids is 2. The zero-order valence-corrected chi connectivity index (χ0v) is 15.1. The van der Waals surface area contributed by atoms with Crippen molar-refractivity contribution in [3.8, 4) is 0 Å². The molecule has 2 aliphatic rings. The van der Waals surface area contributed by atoms with Gasteiger partial charge in [-0.2, -0.15) is 0 Å². The Morgan fingerprint density at radius 2 is 1.23 bits per heavy atom. The zero-order chi connectivity index (χ0) is 16.0. The molecular formula is C14H11Cl4NO2S. The van der Waals surface area contributed by atoms with E-state index in [1.807, 2.05) is 0 Å². The summed E-state index contributed by atoms with van der Waals surface area (Å²) in [4.78, 5) is 25.1. The molecule has 1 aromatic carbocycles. The number of hydrogen-bond acceptors (Lipinski definition) is 3. The number of nitrogens with zero attached hydrogens (tertiary/aromatic N) is 1. The molecule has 0 bridgehead atoms. The first kappa shape index (κ1) is 16.7. The minimum atomic E-state index is -0.471. The molecule has 1 saturated carbocycles. The van der Waals surface area contributed by atoms with E-state index in [2.05, 4.69) is 0 Å². The predicted molar refractivity (Wildman–Crippen MR) is 91.4 cm³/mol. The lowest BCUT2D eigenvalue weighted by Gasteiger charge is -2.24. The van der Waals surface area contributed by atoms with Crippen molar-refractivity contribution in [2.45, 2.75) is 37.4 Å². The summed E-state index contributed by atoms with van der Waals surface area (Å²) < 4.78 is 1.14. The maximum atomic E-state index is 12.6. The molecule has 0 saturated heterocycles. The highest BCUT2D eigenvalue weighted by atomic mass is 35.5. The van der Waals surface area contributed by atoms with Gasteiger partial charge in [-0.3, -0.25) is 9.59 Å². The van der Waals surface area contributed by atoms with Crippen molar-refractivity contribution in [3.05, 3.63) is 31.2 Å². The monoisotopic (exact) mass is 397 g/mol. The van der Waals surface area contributed by atoms with Gasteiger partial charge in [-0.25, -0.2) is 4.31 Å². The van der Waals surface area contributed by atoms with E-state index in [4.69, 9.17) is 46.4 Å². The molecule has 0 atom stereocenters. The Hall–Kier alpha value is -0.130. The second-order valence-electron chi connectivity index (χ2n) is 5.28. The summed E-state index contributed by atoms with van der Waals surface area (Å²) in [7, 11) is 0. The van der Waals surface area contributed by atoms with Gasteiger partial charge in [0, 0.05) is 5.25 Å². The molecule has 0 unspecified atom stereocenters. The number of rotatable bonds is 2. The quantitative estimate of drug-likeness (QED) is 0.270. The first-order valence-electron chi connectivity index (χ1n) is 6.85. The fourth-order valence-electron chi connectivity index (χ4n) is 2.74. The second-order valence-corrected chi connectivity index (χ2v) is 8.03. The van der Waals surface area contributed by atoms with Gasteiger partial charge < -0.3 is 0 Å². The maximum absolute atomic E-state index is 12.6. The molecule has 1 aliphatic heterocycles. The summed E-state index contributed by atoms with van der Waals surface area (Å²) in [6.45, 7) is 0. The summed E-state index contributed by atoms with van der Waals surface area (Å²) in [5.74, 6) is -0.943. The lowest BCUT2D eigenvalue weighted by atomic mass is 10.0. The summed E-state index contributed by atoms with van der Waals surface area (Å²) in [6.07, 6.45) is 5.39. The minimum absolute atomic E-state index is 0.00208. The first-order chi connectivity index (χ1) is 10.4. The van der Waals surface area contributed by atoms with Gasteiger partial charge in [-0.05, 0) is 24.8 Å². The van der Waals surface area contributed by atoms with Crippen LogP contribution in [0.2, 0.25) is 20.1 Å². The topological polar surface area (TPSA) is 37.4 Å². The van der Waals surface area contributed by atoms with Gasteiger partial charge in [-0.15, -0.1) is 0 Å². The normalized spacial score (nSPS) is 19.0. The third-order valence-electron chi connectivity index (χ3n) is 3.87. The van der Waals surface area contributed by atoms with Gasteiger partial charge in [-0.1, -0.05) is 65.7 Å². The van der Waals surface area contributed by atoms with E-state index in [1.165, 1.54) is 18.4 Å². The van der Waals surface area contributed by atoms with E-state index in [0.717, 1.165) is 30.0 Å². The number of imide groups is 1. The third kappa shape index (κ3) is 2.63. The number of fused-ring (bicyclic) bond motifs is 1. The smallest absolute Gasteiger partial charge is 0.268 e. The highest BCUT2D eigenvalue weighted by molar-refractivity contribution is 7.98. The summed E-state index contributed by atoms with van der Waals surface area (Å²) in [5.41, 5.74) is 0.101. The Labute approximate surface area is 152 Å². The van der Waals surface area contributed by atoms with Crippen LogP contribution in [0, 0.1) is 0 Å². The van der Waals surface area contributed by atoms with Crippen molar-refractivity contribution < 1.29 is 9.59 Å². The Morgan fingerprint density at radius 3 is 1.68 bits per heavy atom. The first-order valence-corrected chi connectivity index (χ1v) is 9.19. The Bertz CT molecular complexity index is 627. The van der Waals surface area contributed by atoms with Crippen molar-refractivity contribution >= 4 is 70.2 Å². The van der Waals surface area contributed by atoms with Gasteiger partial charge in [0.05, 0.1) is 31.2 Å². The SMILES string of the molecule is O=C1c2c(Cl)c(Cl)c(Cl)c(Cl)c2C(=O)N1SC1CCCCC1. The average Bonchev–Trinajstić information content (AvgIpc) is 2.76. The summed E-state index contributed by atoms with van der Waals surface area (Å²) in [5, 5.41) is 0.210. The average molecular weight is 399 g/mol. The van der Waals surface area contributed by atoms with E-state index >= 15 is 0 Å². The van der Waals surface area contributed by atoms with E-state index < -0.39 is 11.8 Å². The Balaban J connectivity index is 1.98. The third-order valence-corrected chi connectivity index (χ3v) is 6.98. The molecule has 0 aromatic heterocycles. The molecule has 0 spiro atoms.